The molecule has 1 N–H and O–H groups in total. The fraction of sp³-hybridized carbons (Fsp3) is 0.154. The number of carbonyl (C=O) groups is 1. The average Bonchev–Trinajstić information content (AvgIpc) is 2.91. The predicted molar refractivity (Wildman–Crippen MR) is 90.4 cm³/mol. The molecule has 8 heteroatoms. The van der Waals surface area contributed by atoms with Crippen molar-refractivity contribution in [2.75, 3.05) is 11.8 Å². The molecule has 1 heterocycles. The molecule has 0 fully saturated rings. The number of ether oxygens (including phenoxy) is 1. The molecule has 2 rings (SSSR count). The van der Waals surface area contributed by atoms with Crippen LogP contribution in [0.5, 0.6) is 0 Å². The number of nitrogens with one attached hydrogen (secondary N) is 1. The van der Waals surface area contributed by atoms with Gasteiger partial charge in [0.25, 0.3) is 10.0 Å². The van der Waals surface area contributed by atoms with E-state index in [4.69, 9.17) is 0 Å². The van der Waals surface area contributed by atoms with Crippen LogP contribution in [0.2, 0.25) is 0 Å². The highest BCUT2D eigenvalue weighted by Gasteiger charge is 2.25. The minimum absolute atomic E-state index is 0.0631. The number of hydrogen-bond acceptors (Lipinski definition) is 5. The molecule has 0 aliphatic heterocycles. The molecule has 0 aliphatic rings. The fourth-order valence-corrected chi connectivity index (χ4v) is 4.81. The van der Waals surface area contributed by atoms with E-state index in [9.17, 15) is 13.2 Å². The summed E-state index contributed by atoms with van der Waals surface area (Å²) in [4.78, 5) is 11.6. The van der Waals surface area contributed by atoms with E-state index in [1.54, 1.807) is 17.5 Å². The third-order valence-corrected chi connectivity index (χ3v) is 5.82. The van der Waals surface area contributed by atoms with Crippen LogP contribution in [0.3, 0.4) is 0 Å². The van der Waals surface area contributed by atoms with Crippen molar-refractivity contribution >= 4 is 55.6 Å². The van der Waals surface area contributed by atoms with Crippen molar-refractivity contribution in [3.05, 3.63) is 43.7 Å². The maximum Gasteiger partial charge on any atom is 0.349 e. The first-order valence-corrected chi connectivity index (χ1v) is 9.24. The summed E-state index contributed by atoms with van der Waals surface area (Å²) in [5.74, 6) is -0.662. The molecule has 2 aromatic rings. The number of sulfonamides is 1. The Labute approximate surface area is 140 Å². The van der Waals surface area contributed by atoms with Crippen molar-refractivity contribution in [2.45, 2.75) is 11.8 Å². The van der Waals surface area contributed by atoms with Gasteiger partial charge in [-0.3, -0.25) is 4.72 Å². The van der Waals surface area contributed by atoms with E-state index >= 15 is 0 Å². The molecule has 112 valence electrons. The maximum atomic E-state index is 12.4. The van der Waals surface area contributed by atoms with Crippen molar-refractivity contribution in [1.82, 2.24) is 0 Å². The second-order valence-electron chi connectivity index (χ2n) is 4.17. The minimum atomic E-state index is -3.83. The second kappa shape index (κ2) is 6.32. The number of esters is 1. The first-order valence-electron chi connectivity index (χ1n) is 5.80. The molecule has 21 heavy (non-hydrogen) atoms. The summed E-state index contributed by atoms with van der Waals surface area (Å²) in [6, 6.07) is 6.76. The van der Waals surface area contributed by atoms with Crippen LogP contribution in [0.15, 0.2) is 34.5 Å². The molecule has 1 aromatic carbocycles. The van der Waals surface area contributed by atoms with E-state index in [2.05, 4.69) is 32.0 Å². The lowest BCUT2D eigenvalue weighted by Crippen LogP contribution is -2.16. The first kappa shape index (κ1) is 16.2. The van der Waals surface area contributed by atoms with Gasteiger partial charge < -0.3 is 4.74 Å². The largest absolute Gasteiger partial charge is 0.465 e. The Morgan fingerprint density at radius 1 is 1.33 bits per heavy atom. The summed E-state index contributed by atoms with van der Waals surface area (Å²) < 4.78 is 33.0. The lowest BCUT2D eigenvalue weighted by Gasteiger charge is -2.11. The van der Waals surface area contributed by atoms with Crippen LogP contribution >= 0.6 is 33.9 Å². The monoisotopic (exact) mass is 437 g/mol. The molecule has 0 saturated carbocycles. The number of anilines is 1. The zero-order chi connectivity index (χ0) is 15.6. The average molecular weight is 437 g/mol. The highest BCUT2D eigenvalue weighted by Crippen LogP contribution is 2.26. The van der Waals surface area contributed by atoms with Crippen molar-refractivity contribution in [2.24, 2.45) is 0 Å². The lowest BCUT2D eigenvalue weighted by molar-refractivity contribution is 0.0602. The summed E-state index contributed by atoms with van der Waals surface area (Å²) in [6.45, 7) is 1.81. The van der Waals surface area contributed by atoms with E-state index in [1.165, 1.54) is 13.2 Å². The Balaban J connectivity index is 2.39. The molecular weight excluding hydrogens is 425 g/mol. The Kier molecular flexibility index (Phi) is 4.89. The third kappa shape index (κ3) is 3.55. The quantitative estimate of drug-likeness (QED) is 0.589. The van der Waals surface area contributed by atoms with Gasteiger partial charge in [-0.05, 0) is 64.7 Å². The van der Waals surface area contributed by atoms with E-state index in [0.717, 1.165) is 20.5 Å². The maximum absolute atomic E-state index is 12.4. The third-order valence-electron chi connectivity index (χ3n) is 2.72. The van der Waals surface area contributed by atoms with Gasteiger partial charge in [-0.1, -0.05) is 0 Å². The molecule has 5 nitrogen and oxygen atoms in total. The number of halogens is 1. The molecule has 1 aromatic heterocycles. The van der Waals surface area contributed by atoms with Gasteiger partial charge in [0.1, 0.15) is 9.77 Å². The van der Waals surface area contributed by atoms with E-state index < -0.39 is 16.0 Å². The van der Waals surface area contributed by atoms with Gasteiger partial charge in [0.05, 0.1) is 12.8 Å². The van der Waals surface area contributed by atoms with E-state index in [0.29, 0.717) is 5.69 Å². The zero-order valence-corrected chi connectivity index (χ0v) is 15.0. The lowest BCUT2D eigenvalue weighted by atomic mass is 10.2. The summed E-state index contributed by atoms with van der Waals surface area (Å²) >= 11 is 3.18. The SMILES string of the molecule is COC(=O)c1sccc1S(=O)(=O)Nc1ccc(I)cc1C. The number of benzene rings is 1. The molecule has 0 spiro atoms. The Morgan fingerprint density at radius 3 is 2.67 bits per heavy atom. The van der Waals surface area contributed by atoms with Gasteiger partial charge >= 0.3 is 5.97 Å². The second-order valence-corrected chi connectivity index (χ2v) is 7.98. The van der Waals surface area contributed by atoms with Crippen molar-refractivity contribution in [3.63, 3.8) is 0 Å². The summed E-state index contributed by atoms with van der Waals surface area (Å²) in [7, 11) is -2.62. The van der Waals surface area contributed by atoms with Gasteiger partial charge in [-0.15, -0.1) is 11.3 Å². The van der Waals surface area contributed by atoms with Crippen LogP contribution in [-0.2, 0) is 14.8 Å². The number of methoxy groups -OCH3 is 1. The molecule has 0 bridgehead atoms. The molecule has 0 unspecified atom stereocenters. The van der Waals surface area contributed by atoms with Gasteiger partial charge in [0.2, 0.25) is 0 Å². The zero-order valence-electron chi connectivity index (χ0n) is 11.2. The molecule has 0 radical (unpaired) electrons. The predicted octanol–water partition coefficient (Wildman–Crippen LogP) is 3.25. The Bertz CT molecular complexity index is 783. The van der Waals surface area contributed by atoms with Crippen LogP contribution in [-0.4, -0.2) is 21.5 Å². The molecule has 0 saturated heterocycles. The van der Waals surface area contributed by atoms with Crippen LogP contribution < -0.4 is 4.72 Å². The number of rotatable bonds is 4. The number of carbonyl (C=O) groups excluding carboxylic acids is 1. The van der Waals surface area contributed by atoms with E-state index in [-0.39, 0.29) is 9.77 Å². The highest BCUT2D eigenvalue weighted by atomic mass is 127. The molecule has 0 amide bonds. The van der Waals surface area contributed by atoms with Crippen molar-refractivity contribution in [1.29, 1.82) is 0 Å². The molecular formula is C13H12INO4S2. The van der Waals surface area contributed by atoms with Crippen LogP contribution in [0.25, 0.3) is 0 Å². The normalized spacial score (nSPS) is 11.2. The summed E-state index contributed by atoms with van der Waals surface area (Å²) in [5.41, 5.74) is 1.29. The smallest absolute Gasteiger partial charge is 0.349 e. The molecule has 0 aliphatic carbocycles. The molecule has 0 atom stereocenters. The summed E-state index contributed by atoms with van der Waals surface area (Å²) in [5, 5.41) is 1.54. The number of thiophene rings is 1. The van der Waals surface area contributed by atoms with E-state index in [1.807, 2.05) is 13.0 Å². The van der Waals surface area contributed by atoms with Crippen LogP contribution in [0.4, 0.5) is 5.69 Å². The minimum Gasteiger partial charge on any atom is -0.465 e. The van der Waals surface area contributed by atoms with Gasteiger partial charge in [-0.25, -0.2) is 13.2 Å². The Hall–Kier alpha value is -1.13. The van der Waals surface area contributed by atoms with Gasteiger partial charge in [-0.2, -0.15) is 0 Å². The number of aryl methyl sites for hydroxylation is 1. The van der Waals surface area contributed by atoms with Crippen LogP contribution in [0.1, 0.15) is 15.2 Å². The Morgan fingerprint density at radius 2 is 2.05 bits per heavy atom. The first-order chi connectivity index (χ1) is 9.85. The topological polar surface area (TPSA) is 72.5 Å². The van der Waals surface area contributed by atoms with Crippen molar-refractivity contribution < 1.29 is 17.9 Å². The number of hydrogen-bond donors (Lipinski definition) is 1. The van der Waals surface area contributed by atoms with Crippen LogP contribution in [0, 0.1) is 10.5 Å². The van der Waals surface area contributed by atoms with Crippen molar-refractivity contribution in [3.8, 4) is 0 Å². The fourth-order valence-electron chi connectivity index (χ4n) is 1.69. The highest BCUT2D eigenvalue weighted by molar-refractivity contribution is 14.1. The van der Waals surface area contributed by atoms with Gasteiger partial charge in [0.15, 0.2) is 0 Å². The standard InChI is InChI=1S/C13H12INO4S2/c1-8-7-9(14)3-4-10(8)15-21(17,18)11-5-6-20-12(11)13(16)19-2/h3-7,15H,1-2H3. The summed E-state index contributed by atoms with van der Waals surface area (Å²) in [6.07, 6.45) is 0. The van der Waals surface area contributed by atoms with Gasteiger partial charge in [0, 0.05) is 3.57 Å².